The van der Waals surface area contributed by atoms with Crippen molar-refractivity contribution in [1.82, 2.24) is 4.98 Å². The Bertz CT molecular complexity index is 717. The maximum Gasteiger partial charge on any atom is 0.308 e. The predicted octanol–water partition coefficient (Wildman–Crippen LogP) is 1.95. The van der Waals surface area contributed by atoms with Crippen molar-refractivity contribution in [3.8, 4) is 17.2 Å². The van der Waals surface area contributed by atoms with Crippen molar-refractivity contribution in [2.24, 2.45) is 0 Å². The van der Waals surface area contributed by atoms with Crippen LogP contribution in [0.1, 0.15) is 20.8 Å². The van der Waals surface area contributed by atoms with Crippen molar-refractivity contribution in [2.45, 2.75) is 26.9 Å². The third kappa shape index (κ3) is 2.74. The highest BCUT2D eigenvalue weighted by atomic mass is 16.5. The molecule has 20 heavy (non-hydrogen) atoms. The van der Waals surface area contributed by atoms with Gasteiger partial charge in [-0.1, -0.05) is 0 Å². The maximum atomic E-state index is 11.8. The molecule has 0 fully saturated rings. The summed E-state index contributed by atoms with van der Waals surface area (Å²) >= 11 is 0. The monoisotopic (exact) mass is 277 g/mol. The van der Waals surface area contributed by atoms with E-state index in [2.05, 4.69) is 4.98 Å². The molecule has 0 aliphatic carbocycles. The summed E-state index contributed by atoms with van der Waals surface area (Å²) in [6.07, 6.45) is -0.00640. The number of hydrogen-bond donors (Lipinski definition) is 2. The van der Waals surface area contributed by atoms with Gasteiger partial charge in [0.15, 0.2) is 5.75 Å². The fraction of sp³-hybridized carbons (Fsp3) is 0.286. The molecule has 0 amide bonds. The van der Waals surface area contributed by atoms with E-state index in [1.165, 1.54) is 0 Å². The van der Waals surface area contributed by atoms with Crippen LogP contribution in [-0.2, 0) is 4.79 Å². The largest absolute Gasteiger partial charge is 0.504 e. The van der Waals surface area contributed by atoms with E-state index in [9.17, 15) is 14.7 Å². The average Bonchev–Trinajstić information content (AvgIpc) is 2.33. The van der Waals surface area contributed by atoms with E-state index < -0.39 is 17.3 Å². The van der Waals surface area contributed by atoms with Crippen molar-refractivity contribution in [3.05, 3.63) is 28.6 Å². The standard InChI is InChI=1S/C14H15NO5/c1-7(2)19-9-4-5-10-11(6-9)15-14(18)13(12(10)17)20-8(3)16/h4-7H,1-3H3,(H2,15,17,18). The molecule has 0 unspecified atom stereocenters. The van der Waals surface area contributed by atoms with Crippen LogP contribution in [0.2, 0.25) is 0 Å². The number of benzene rings is 1. The molecule has 2 N–H and O–H groups in total. The minimum absolute atomic E-state index is 0.00640. The lowest BCUT2D eigenvalue weighted by molar-refractivity contribution is -0.132. The van der Waals surface area contributed by atoms with E-state index in [-0.39, 0.29) is 11.9 Å². The van der Waals surface area contributed by atoms with Gasteiger partial charge in [-0.25, -0.2) is 0 Å². The maximum absolute atomic E-state index is 11.8. The van der Waals surface area contributed by atoms with Crippen molar-refractivity contribution < 1.29 is 19.4 Å². The Labute approximate surface area is 115 Å². The number of hydrogen-bond acceptors (Lipinski definition) is 5. The summed E-state index contributed by atoms with van der Waals surface area (Å²) in [4.78, 5) is 25.3. The van der Waals surface area contributed by atoms with Crippen LogP contribution in [0.15, 0.2) is 23.0 Å². The first-order valence-electron chi connectivity index (χ1n) is 6.12. The fourth-order valence-corrected chi connectivity index (χ4v) is 1.83. The van der Waals surface area contributed by atoms with E-state index in [0.717, 1.165) is 6.92 Å². The van der Waals surface area contributed by atoms with Crippen LogP contribution in [0.3, 0.4) is 0 Å². The summed E-state index contributed by atoms with van der Waals surface area (Å²) in [5.74, 6) is -0.870. The first kappa shape index (κ1) is 13.9. The third-order valence-electron chi connectivity index (χ3n) is 2.53. The Hall–Kier alpha value is -2.50. The molecule has 2 rings (SSSR count). The second kappa shape index (κ2) is 5.24. The number of carbonyl (C=O) groups excluding carboxylic acids is 1. The van der Waals surface area contributed by atoms with Crippen LogP contribution in [0.25, 0.3) is 10.9 Å². The number of ether oxygens (including phenoxy) is 2. The van der Waals surface area contributed by atoms with Crippen LogP contribution in [0.5, 0.6) is 17.2 Å². The topological polar surface area (TPSA) is 88.6 Å². The molecule has 0 spiro atoms. The van der Waals surface area contributed by atoms with Crippen LogP contribution < -0.4 is 15.0 Å². The number of pyridine rings is 1. The van der Waals surface area contributed by atoms with Crippen LogP contribution in [0, 0.1) is 0 Å². The second-order valence-electron chi connectivity index (χ2n) is 4.60. The molecule has 0 aliphatic heterocycles. The lowest BCUT2D eigenvalue weighted by Crippen LogP contribution is -2.14. The molecule has 0 atom stereocenters. The van der Waals surface area contributed by atoms with E-state index in [1.807, 2.05) is 13.8 Å². The highest BCUT2D eigenvalue weighted by Gasteiger charge is 2.15. The van der Waals surface area contributed by atoms with Crippen molar-refractivity contribution >= 4 is 16.9 Å². The fourth-order valence-electron chi connectivity index (χ4n) is 1.83. The molecule has 1 aromatic heterocycles. The van der Waals surface area contributed by atoms with Gasteiger partial charge in [-0.3, -0.25) is 9.59 Å². The van der Waals surface area contributed by atoms with Gasteiger partial charge in [0.25, 0.3) is 5.56 Å². The summed E-state index contributed by atoms with van der Waals surface area (Å²) < 4.78 is 10.2. The Morgan fingerprint density at radius 2 is 2.05 bits per heavy atom. The number of rotatable bonds is 3. The Kier molecular flexibility index (Phi) is 3.65. The molecule has 0 aliphatic rings. The number of aromatic nitrogens is 1. The number of carbonyl (C=O) groups is 1. The first-order valence-corrected chi connectivity index (χ1v) is 6.12. The van der Waals surface area contributed by atoms with Gasteiger partial charge in [-0.15, -0.1) is 0 Å². The highest BCUT2D eigenvalue weighted by Crippen LogP contribution is 2.32. The number of aromatic amines is 1. The summed E-state index contributed by atoms with van der Waals surface area (Å²) in [5, 5.41) is 10.4. The van der Waals surface area contributed by atoms with Crippen molar-refractivity contribution in [3.63, 3.8) is 0 Å². The zero-order valence-corrected chi connectivity index (χ0v) is 11.4. The smallest absolute Gasteiger partial charge is 0.308 e. The number of esters is 1. The van der Waals surface area contributed by atoms with Gasteiger partial charge in [-0.2, -0.15) is 0 Å². The Morgan fingerprint density at radius 1 is 1.35 bits per heavy atom. The lowest BCUT2D eigenvalue weighted by atomic mass is 10.2. The molecular weight excluding hydrogens is 262 g/mol. The first-order chi connectivity index (χ1) is 9.38. The van der Waals surface area contributed by atoms with Gasteiger partial charge in [0.1, 0.15) is 5.75 Å². The third-order valence-corrected chi connectivity index (χ3v) is 2.53. The minimum atomic E-state index is -0.676. The normalized spacial score (nSPS) is 10.8. The zero-order chi connectivity index (χ0) is 14.9. The Morgan fingerprint density at radius 3 is 2.65 bits per heavy atom. The molecule has 2 aromatic rings. The van der Waals surface area contributed by atoms with Crippen molar-refractivity contribution in [1.29, 1.82) is 0 Å². The summed E-state index contributed by atoms with van der Waals surface area (Å²) in [6.45, 7) is 4.92. The van der Waals surface area contributed by atoms with Crippen LogP contribution in [0.4, 0.5) is 0 Å². The van der Waals surface area contributed by atoms with Gasteiger partial charge in [0, 0.05) is 18.4 Å². The van der Waals surface area contributed by atoms with E-state index >= 15 is 0 Å². The molecule has 6 heteroatoms. The molecular formula is C14H15NO5. The number of H-pyrrole nitrogens is 1. The number of fused-ring (bicyclic) bond motifs is 1. The van der Waals surface area contributed by atoms with Crippen molar-refractivity contribution in [2.75, 3.05) is 0 Å². The van der Waals surface area contributed by atoms with E-state index in [4.69, 9.17) is 9.47 Å². The summed E-state index contributed by atoms with van der Waals surface area (Å²) in [5.41, 5.74) is -0.270. The SMILES string of the molecule is CC(=O)Oc1c(O)c2ccc(OC(C)C)cc2[nH]c1=O. The molecule has 0 saturated carbocycles. The molecule has 0 radical (unpaired) electrons. The predicted molar refractivity (Wildman–Crippen MR) is 73.3 cm³/mol. The van der Waals surface area contributed by atoms with Gasteiger partial charge < -0.3 is 19.6 Å². The molecule has 1 heterocycles. The summed E-state index contributed by atoms with van der Waals surface area (Å²) in [6, 6.07) is 4.86. The van der Waals surface area contributed by atoms with Gasteiger partial charge >= 0.3 is 5.97 Å². The van der Waals surface area contributed by atoms with Gasteiger partial charge in [-0.05, 0) is 26.0 Å². The van der Waals surface area contributed by atoms with E-state index in [1.54, 1.807) is 18.2 Å². The highest BCUT2D eigenvalue weighted by molar-refractivity contribution is 5.88. The molecule has 0 bridgehead atoms. The second-order valence-corrected chi connectivity index (χ2v) is 4.60. The molecule has 6 nitrogen and oxygen atoms in total. The zero-order valence-electron chi connectivity index (χ0n) is 11.4. The number of aromatic hydroxyl groups is 1. The average molecular weight is 277 g/mol. The quantitative estimate of drug-likeness (QED) is 0.837. The summed E-state index contributed by atoms with van der Waals surface area (Å²) in [7, 11) is 0. The lowest BCUT2D eigenvalue weighted by Gasteiger charge is -2.11. The van der Waals surface area contributed by atoms with Crippen LogP contribution >= 0.6 is 0 Å². The molecule has 106 valence electrons. The number of nitrogens with one attached hydrogen (secondary N) is 1. The minimum Gasteiger partial charge on any atom is -0.504 e. The van der Waals surface area contributed by atoms with E-state index in [0.29, 0.717) is 16.7 Å². The van der Waals surface area contributed by atoms with Crippen LogP contribution in [-0.4, -0.2) is 22.2 Å². The molecule has 0 saturated heterocycles. The Balaban J connectivity index is 2.58. The van der Waals surface area contributed by atoms with Gasteiger partial charge in [0.05, 0.1) is 11.6 Å². The molecule has 1 aromatic carbocycles. The van der Waals surface area contributed by atoms with Gasteiger partial charge in [0.2, 0.25) is 5.75 Å².